The molecule has 1 unspecified atom stereocenters. The number of nitrogens with one attached hydrogen (secondary N) is 1. The second kappa shape index (κ2) is 4.81. The normalized spacial score (nSPS) is 22.6. The molecule has 2 aliphatic rings. The average Bonchev–Trinajstić information content (AvgIpc) is 3.06. The maximum atomic E-state index is 11.6. The third kappa shape index (κ3) is 2.20. The molecule has 21 heavy (non-hydrogen) atoms. The van der Waals surface area contributed by atoms with Gasteiger partial charge in [-0.3, -0.25) is 4.90 Å². The quantitative estimate of drug-likeness (QED) is 0.843. The van der Waals surface area contributed by atoms with Gasteiger partial charge in [0.2, 0.25) is 0 Å². The molecule has 110 valence electrons. The maximum absolute atomic E-state index is 11.6. The number of amides is 2. The minimum atomic E-state index is 0.0557. The van der Waals surface area contributed by atoms with E-state index in [0.29, 0.717) is 12.4 Å². The summed E-state index contributed by atoms with van der Waals surface area (Å²) in [5.41, 5.74) is 5.98. The van der Waals surface area contributed by atoms with Crippen molar-refractivity contribution in [1.29, 1.82) is 0 Å². The number of piperazine rings is 1. The Morgan fingerprint density at radius 3 is 3.24 bits per heavy atom. The van der Waals surface area contributed by atoms with E-state index in [1.165, 1.54) is 0 Å². The second-order valence-corrected chi connectivity index (χ2v) is 6.33. The topological polar surface area (TPSA) is 87.4 Å². The molecule has 4 rings (SSSR count). The number of aromatic nitrogens is 2. The van der Waals surface area contributed by atoms with Crippen molar-refractivity contribution in [2.75, 3.05) is 31.9 Å². The van der Waals surface area contributed by atoms with Crippen molar-refractivity contribution in [3.8, 4) is 0 Å². The Hall–Kier alpha value is -1.93. The Balaban J connectivity index is 1.51. The number of carbonyl (C=O) groups is 1. The van der Waals surface area contributed by atoms with Crippen molar-refractivity contribution < 1.29 is 4.79 Å². The van der Waals surface area contributed by atoms with Crippen molar-refractivity contribution in [2.24, 2.45) is 0 Å². The minimum absolute atomic E-state index is 0.0557. The summed E-state index contributed by atoms with van der Waals surface area (Å²) in [6.45, 7) is 3.85. The van der Waals surface area contributed by atoms with E-state index < -0.39 is 0 Å². The monoisotopic (exact) mass is 304 g/mol. The first-order valence-corrected chi connectivity index (χ1v) is 7.85. The summed E-state index contributed by atoms with van der Waals surface area (Å²) in [6.07, 6.45) is 0. The number of nitrogens with two attached hydrogens (primary N) is 1. The van der Waals surface area contributed by atoms with Crippen molar-refractivity contribution in [3.63, 3.8) is 0 Å². The highest BCUT2D eigenvalue weighted by Crippen LogP contribution is 2.23. The van der Waals surface area contributed by atoms with Crippen LogP contribution >= 0.6 is 11.3 Å². The van der Waals surface area contributed by atoms with Crippen LogP contribution in [0.4, 0.5) is 10.6 Å². The van der Waals surface area contributed by atoms with Crippen molar-refractivity contribution >= 4 is 33.4 Å². The van der Waals surface area contributed by atoms with Gasteiger partial charge in [0.25, 0.3) is 0 Å². The van der Waals surface area contributed by atoms with Gasteiger partial charge in [0.15, 0.2) is 0 Å². The fourth-order valence-electron chi connectivity index (χ4n) is 3.01. The fourth-order valence-corrected chi connectivity index (χ4v) is 3.80. The van der Waals surface area contributed by atoms with Crippen LogP contribution in [-0.2, 0) is 6.54 Å². The van der Waals surface area contributed by atoms with Crippen LogP contribution in [0.5, 0.6) is 0 Å². The number of nitrogens with zero attached hydrogens (tertiary/aromatic N) is 4. The lowest BCUT2D eigenvalue weighted by atomic mass is 10.2. The summed E-state index contributed by atoms with van der Waals surface area (Å²) in [7, 11) is 0. The minimum Gasteiger partial charge on any atom is -0.383 e. The molecule has 3 N–H and O–H groups in total. The van der Waals surface area contributed by atoms with Gasteiger partial charge in [0.05, 0.1) is 18.0 Å². The lowest BCUT2D eigenvalue weighted by Crippen LogP contribution is -2.51. The highest BCUT2D eigenvalue weighted by molar-refractivity contribution is 7.16. The Morgan fingerprint density at radius 1 is 1.43 bits per heavy atom. The van der Waals surface area contributed by atoms with E-state index in [-0.39, 0.29) is 12.1 Å². The van der Waals surface area contributed by atoms with E-state index in [9.17, 15) is 4.79 Å². The standard InChI is InChI=1S/C13H16N6OS/c14-11-9-1-4-21-12(9)17-10(16-11)7-18-2-3-19-8(6-18)5-15-13(19)20/h1,4,8H,2-3,5-7H2,(H,15,20)(H2,14,16,17). The number of nitrogen functional groups attached to an aromatic ring is 1. The molecule has 0 spiro atoms. The summed E-state index contributed by atoms with van der Waals surface area (Å²) in [5, 5.41) is 5.80. The van der Waals surface area contributed by atoms with Crippen molar-refractivity contribution in [1.82, 2.24) is 25.1 Å². The highest BCUT2D eigenvalue weighted by atomic mass is 32.1. The van der Waals surface area contributed by atoms with Crippen LogP contribution in [0.3, 0.4) is 0 Å². The molecule has 2 amide bonds. The molecular formula is C13H16N6OS. The predicted octanol–water partition coefficient (Wildman–Crippen LogP) is 0.483. The molecule has 2 aromatic heterocycles. The number of carbonyl (C=O) groups excluding carboxylic acids is 1. The lowest BCUT2D eigenvalue weighted by Gasteiger charge is -2.35. The number of urea groups is 1. The molecule has 8 heteroatoms. The molecule has 0 aromatic carbocycles. The van der Waals surface area contributed by atoms with E-state index in [2.05, 4.69) is 20.2 Å². The third-order valence-corrected chi connectivity index (χ3v) is 4.89. The van der Waals surface area contributed by atoms with Gasteiger partial charge in [-0.15, -0.1) is 11.3 Å². The molecule has 0 aliphatic carbocycles. The lowest BCUT2D eigenvalue weighted by molar-refractivity contribution is 0.115. The summed E-state index contributed by atoms with van der Waals surface area (Å²) in [5.74, 6) is 1.31. The van der Waals surface area contributed by atoms with Gasteiger partial charge >= 0.3 is 6.03 Å². The first-order chi connectivity index (χ1) is 10.2. The van der Waals surface area contributed by atoms with E-state index in [0.717, 1.165) is 42.2 Å². The number of hydrogen-bond acceptors (Lipinski definition) is 6. The molecule has 0 saturated carbocycles. The van der Waals surface area contributed by atoms with Gasteiger partial charge in [-0.05, 0) is 11.4 Å². The van der Waals surface area contributed by atoms with Gasteiger partial charge in [0.1, 0.15) is 16.5 Å². The van der Waals surface area contributed by atoms with Gasteiger partial charge in [-0.2, -0.15) is 0 Å². The van der Waals surface area contributed by atoms with Crippen LogP contribution in [0.2, 0.25) is 0 Å². The zero-order valence-electron chi connectivity index (χ0n) is 11.5. The first-order valence-electron chi connectivity index (χ1n) is 6.97. The first kappa shape index (κ1) is 12.8. The van der Waals surface area contributed by atoms with Gasteiger partial charge in [-0.25, -0.2) is 14.8 Å². The summed E-state index contributed by atoms with van der Waals surface area (Å²) < 4.78 is 0. The van der Waals surface area contributed by atoms with E-state index in [1.807, 2.05) is 16.3 Å². The molecule has 1 atom stereocenters. The van der Waals surface area contributed by atoms with Crippen molar-refractivity contribution in [3.05, 3.63) is 17.3 Å². The van der Waals surface area contributed by atoms with Gasteiger partial charge in [-0.1, -0.05) is 0 Å². The van der Waals surface area contributed by atoms with E-state index >= 15 is 0 Å². The van der Waals surface area contributed by atoms with E-state index in [4.69, 9.17) is 5.73 Å². The van der Waals surface area contributed by atoms with Crippen LogP contribution in [-0.4, -0.2) is 58.0 Å². The van der Waals surface area contributed by atoms with Crippen LogP contribution in [0, 0.1) is 0 Å². The molecule has 4 heterocycles. The number of thiophene rings is 1. The molecule has 2 aromatic rings. The third-order valence-electron chi connectivity index (χ3n) is 4.08. The van der Waals surface area contributed by atoms with Crippen LogP contribution < -0.4 is 11.1 Å². The zero-order valence-corrected chi connectivity index (χ0v) is 12.3. The number of rotatable bonds is 2. The van der Waals surface area contributed by atoms with Crippen LogP contribution in [0.1, 0.15) is 5.82 Å². The number of anilines is 1. The fraction of sp³-hybridized carbons (Fsp3) is 0.462. The molecule has 2 aliphatic heterocycles. The molecule has 2 saturated heterocycles. The zero-order chi connectivity index (χ0) is 14.4. The smallest absolute Gasteiger partial charge is 0.317 e. The Bertz CT molecular complexity index is 701. The van der Waals surface area contributed by atoms with Crippen LogP contribution in [0.25, 0.3) is 10.2 Å². The molecule has 7 nitrogen and oxygen atoms in total. The molecule has 0 radical (unpaired) electrons. The van der Waals surface area contributed by atoms with Crippen molar-refractivity contribution in [2.45, 2.75) is 12.6 Å². The van der Waals surface area contributed by atoms with Gasteiger partial charge < -0.3 is 16.0 Å². The average molecular weight is 304 g/mol. The Labute approximate surface area is 125 Å². The highest BCUT2D eigenvalue weighted by Gasteiger charge is 2.35. The summed E-state index contributed by atoms with van der Waals surface area (Å²) in [6, 6.07) is 2.27. The van der Waals surface area contributed by atoms with Crippen LogP contribution in [0.15, 0.2) is 11.4 Å². The predicted molar refractivity (Wildman–Crippen MR) is 81.0 cm³/mol. The summed E-state index contributed by atoms with van der Waals surface area (Å²) >= 11 is 1.58. The Morgan fingerprint density at radius 2 is 2.33 bits per heavy atom. The van der Waals surface area contributed by atoms with E-state index in [1.54, 1.807) is 11.3 Å². The number of hydrogen-bond donors (Lipinski definition) is 2. The van der Waals surface area contributed by atoms with Gasteiger partial charge in [0, 0.05) is 26.2 Å². The largest absolute Gasteiger partial charge is 0.383 e. The maximum Gasteiger partial charge on any atom is 0.317 e. The molecular weight excluding hydrogens is 288 g/mol. The molecule has 2 fully saturated rings. The SMILES string of the molecule is Nc1nc(CN2CCN3C(=O)NCC3C2)nc2sccc12. The molecule has 0 bridgehead atoms. The second-order valence-electron chi connectivity index (χ2n) is 5.43. The number of fused-ring (bicyclic) bond motifs is 2. The summed E-state index contributed by atoms with van der Waals surface area (Å²) in [4.78, 5) is 25.7. The Kier molecular flexibility index (Phi) is 2.93.